The van der Waals surface area contributed by atoms with E-state index in [0.717, 1.165) is 18.2 Å². The third-order valence-electron chi connectivity index (χ3n) is 2.42. The largest absolute Gasteiger partial charge is 0.416 e. The van der Waals surface area contributed by atoms with E-state index < -0.39 is 23.9 Å². The minimum Gasteiger partial charge on any atom is -0.389 e. The van der Waals surface area contributed by atoms with Crippen LogP contribution >= 0.6 is 15.9 Å². The van der Waals surface area contributed by atoms with E-state index in [9.17, 15) is 23.4 Å². The van der Waals surface area contributed by atoms with Gasteiger partial charge in [-0.05, 0) is 24.7 Å². The van der Waals surface area contributed by atoms with Crippen molar-refractivity contribution in [3.63, 3.8) is 0 Å². The molecular formula is C11H13BrF3NO2. The van der Waals surface area contributed by atoms with E-state index in [4.69, 9.17) is 0 Å². The molecular weight excluding hydrogens is 315 g/mol. The Bertz CT molecular complexity index is 412. The Balaban J connectivity index is 2.99. The zero-order valence-corrected chi connectivity index (χ0v) is 11.1. The van der Waals surface area contributed by atoms with Crippen LogP contribution < -0.4 is 5.32 Å². The SMILES string of the molecule is CNCC(O)C(O)c1ccc(C(F)(F)F)cc1Br. The smallest absolute Gasteiger partial charge is 0.389 e. The molecule has 0 amide bonds. The molecule has 18 heavy (non-hydrogen) atoms. The van der Waals surface area contributed by atoms with Crippen molar-refractivity contribution in [2.75, 3.05) is 13.6 Å². The molecule has 7 heteroatoms. The van der Waals surface area contributed by atoms with Gasteiger partial charge in [0, 0.05) is 11.0 Å². The first-order valence-corrected chi connectivity index (χ1v) is 5.94. The number of rotatable bonds is 4. The van der Waals surface area contributed by atoms with Crippen LogP contribution in [0.2, 0.25) is 0 Å². The highest BCUT2D eigenvalue weighted by Gasteiger charge is 2.31. The van der Waals surface area contributed by atoms with Crippen molar-refractivity contribution in [1.82, 2.24) is 5.32 Å². The number of likely N-dealkylation sites (N-methyl/N-ethyl adjacent to an activating group) is 1. The fourth-order valence-electron chi connectivity index (χ4n) is 1.47. The maximum Gasteiger partial charge on any atom is 0.416 e. The molecule has 0 saturated carbocycles. The maximum atomic E-state index is 12.4. The molecule has 0 spiro atoms. The van der Waals surface area contributed by atoms with Crippen LogP contribution in [-0.4, -0.2) is 29.9 Å². The Morgan fingerprint density at radius 2 is 1.94 bits per heavy atom. The van der Waals surface area contributed by atoms with Gasteiger partial charge in [-0.3, -0.25) is 0 Å². The average Bonchev–Trinajstić information content (AvgIpc) is 2.27. The third-order valence-corrected chi connectivity index (χ3v) is 3.11. The van der Waals surface area contributed by atoms with Gasteiger partial charge in [-0.1, -0.05) is 22.0 Å². The molecule has 0 fully saturated rings. The van der Waals surface area contributed by atoms with Crippen LogP contribution in [0.5, 0.6) is 0 Å². The molecule has 1 aromatic rings. The van der Waals surface area contributed by atoms with E-state index in [2.05, 4.69) is 21.2 Å². The second-order valence-electron chi connectivity index (χ2n) is 3.80. The van der Waals surface area contributed by atoms with Crippen LogP contribution in [0.3, 0.4) is 0 Å². The summed E-state index contributed by atoms with van der Waals surface area (Å²) in [5, 5.41) is 22.0. The molecule has 0 heterocycles. The lowest BCUT2D eigenvalue weighted by Crippen LogP contribution is -2.29. The van der Waals surface area contributed by atoms with Crippen LogP contribution in [0.25, 0.3) is 0 Å². The van der Waals surface area contributed by atoms with Crippen molar-refractivity contribution in [2.24, 2.45) is 0 Å². The first kappa shape index (κ1) is 15.4. The van der Waals surface area contributed by atoms with Gasteiger partial charge in [0.15, 0.2) is 0 Å². The lowest BCUT2D eigenvalue weighted by Gasteiger charge is -2.19. The van der Waals surface area contributed by atoms with E-state index in [0.29, 0.717) is 0 Å². The average molecular weight is 328 g/mol. The Labute approximate surface area is 111 Å². The Morgan fingerprint density at radius 3 is 2.39 bits per heavy atom. The van der Waals surface area contributed by atoms with Gasteiger partial charge in [-0.2, -0.15) is 13.2 Å². The summed E-state index contributed by atoms with van der Waals surface area (Å²) in [4.78, 5) is 0. The summed E-state index contributed by atoms with van der Waals surface area (Å²) in [6, 6.07) is 2.90. The molecule has 0 saturated heterocycles. The van der Waals surface area contributed by atoms with Crippen LogP contribution in [0.4, 0.5) is 13.2 Å². The lowest BCUT2D eigenvalue weighted by molar-refractivity contribution is -0.137. The first-order chi connectivity index (χ1) is 8.27. The van der Waals surface area contributed by atoms with Gasteiger partial charge in [-0.25, -0.2) is 0 Å². The molecule has 102 valence electrons. The molecule has 1 aromatic carbocycles. The summed E-state index contributed by atoms with van der Waals surface area (Å²) in [5.74, 6) is 0. The summed E-state index contributed by atoms with van der Waals surface area (Å²) < 4.78 is 37.4. The van der Waals surface area contributed by atoms with Gasteiger partial charge >= 0.3 is 6.18 Å². The number of halogens is 4. The van der Waals surface area contributed by atoms with Gasteiger partial charge in [0.05, 0.1) is 11.7 Å². The standard InChI is InChI=1S/C11H13BrF3NO2/c1-16-5-9(17)10(18)7-3-2-6(4-8(7)12)11(13,14)15/h2-4,9-10,16-18H,5H2,1H3. The molecule has 0 aliphatic heterocycles. The summed E-state index contributed by atoms with van der Waals surface area (Å²) in [6.45, 7) is 0.134. The minimum absolute atomic E-state index is 0.111. The third kappa shape index (κ3) is 3.68. The summed E-state index contributed by atoms with van der Waals surface area (Å²) in [6.07, 6.45) is -6.78. The van der Waals surface area contributed by atoms with Crippen molar-refractivity contribution in [1.29, 1.82) is 0 Å². The molecule has 0 bridgehead atoms. The monoisotopic (exact) mass is 327 g/mol. The fraction of sp³-hybridized carbons (Fsp3) is 0.455. The van der Waals surface area contributed by atoms with Crippen molar-refractivity contribution < 1.29 is 23.4 Å². The van der Waals surface area contributed by atoms with Gasteiger partial charge < -0.3 is 15.5 Å². The number of hydrogen-bond donors (Lipinski definition) is 3. The summed E-state index contributed by atoms with van der Waals surface area (Å²) >= 11 is 2.97. The minimum atomic E-state index is -4.43. The number of aliphatic hydroxyl groups excluding tert-OH is 2. The molecule has 3 nitrogen and oxygen atoms in total. The number of nitrogens with one attached hydrogen (secondary N) is 1. The lowest BCUT2D eigenvalue weighted by atomic mass is 10.0. The predicted molar refractivity (Wildman–Crippen MR) is 64.0 cm³/mol. The highest BCUT2D eigenvalue weighted by Crippen LogP contribution is 2.34. The fourth-order valence-corrected chi connectivity index (χ4v) is 2.08. The van der Waals surface area contributed by atoms with Crippen LogP contribution in [0, 0.1) is 0 Å². The molecule has 2 atom stereocenters. The van der Waals surface area contributed by atoms with E-state index in [1.165, 1.54) is 0 Å². The summed E-state index contributed by atoms with van der Waals surface area (Å²) in [7, 11) is 1.59. The summed E-state index contributed by atoms with van der Waals surface area (Å²) in [5.41, 5.74) is -0.598. The van der Waals surface area contributed by atoms with E-state index >= 15 is 0 Å². The molecule has 2 unspecified atom stereocenters. The number of hydrogen-bond acceptors (Lipinski definition) is 3. The van der Waals surface area contributed by atoms with Crippen molar-refractivity contribution in [3.8, 4) is 0 Å². The topological polar surface area (TPSA) is 52.5 Å². The number of benzene rings is 1. The van der Waals surface area contributed by atoms with E-state index in [-0.39, 0.29) is 16.6 Å². The highest BCUT2D eigenvalue weighted by molar-refractivity contribution is 9.10. The van der Waals surface area contributed by atoms with Gasteiger partial charge in [0.2, 0.25) is 0 Å². The zero-order chi connectivity index (χ0) is 13.9. The molecule has 0 aliphatic rings. The van der Waals surface area contributed by atoms with Crippen molar-refractivity contribution in [3.05, 3.63) is 33.8 Å². The van der Waals surface area contributed by atoms with Crippen LogP contribution in [0.15, 0.2) is 22.7 Å². The Kier molecular flexibility index (Phi) is 5.15. The number of alkyl halides is 3. The van der Waals surface area contributed by atoms with Gasteiger partial charge in [0.25, 0.3) is 0 Å². The molecule has 0 radical (unpaired) electrons. The van der Waals surface area contributed by atoms with Gasteiger partial charge in [-0.15, -0.1) is 0 Å². The molecule has 0 aromatic heterocycles. The molecule has 1 rings (SSSR count). The molecule has 3 N–H and O–H groups in total. The quantitative estimate of drug-likeness (QED) is 0.793. The van der Waals surface area contributed by atoms with Crippen molar-refractivity contribution in [2.45, 2.75) is 18.4 Å². The Hall–Kier alpha value is -0.630. The predicted octanol–water partition coefficient (Wildman–Crippen LogP) is 2.08. The van der Waals surface area contributed by atoms with E-state index in [1.54, 1.807) is 7.05 Å². The normalized spacial score (nSPS) is 15.5. The second kappa shape index (κ2) is 6.01. The maximum absolute atomic E-state index is 12.4. The Morgan fingerprint density at radius 1 is 1.33 bits per heavy atom. The van der Waals surface area contributed by atoms with Gasteiger partial charge in [0.1, 0.15) is 6.10 Å². The molecule has 0 aliphatic carbocycles. The highest BCUT2D eigenvalue weighted by atomic mass is 79.9. The van der Waals surface area contributed by atoms with Crippen LogP contribution in [0.1, 0.15) is 17.2 Å². The number of aliphatic hydroxyl groups is 2. The zero-order valence-electron chi connectivity index (χ0n) is 9.50. The van der Waals surface area contributed by atoms with E-state index in [1.807, 2.05) is 0 Å². The second-order valence-corrected chi connectivity index (χ2v) is 4.66. The van der Waals surface area contributed by atoms with Crippen molar-refractivity contribution >= 4 is 15.9 Å². The van der Waals surface area contributed by atoms with Crippen LogP contribution in [-0.2, 0) is 6.18 Å². The first-order valence-electron chi connectivity index (χ1n) is 5.14.